The van der Waals surface area contributed by atoms with Crippen LogP contribution in [0.3, 0.4) is 0 Å². The number of nitrogens with two attached hydrogens (primary N) is 2. The van der Waals surface area contributed by atoms with E-state index in [1.54, 1.807) is 0 Å². The van der Waals surface area contributed by atoms with Crippen molar-refractivity contribution < 1.29 is 18.7 Å². The lowest BCUT2D eigenvalue weighted by Crippen LogP contribution is -2.31. The number of carboxylic acid groups (broad SMARTS) is 1. The molecule has 1 unspecified atom stereocenters. The van der Waals surface area contributed by atoms with Gasteiger partial charge in [0.05, 0.1) is 6.54 Å². The number of aliphatic carboxylic acids is 1. The normalized spacial score (nSPS) is 14.7. The maximum Gasteiger partial charge on any atom is 0.378 e. The molecule has 0 saturated carbocycles. The molecule has 0 spiro atoms. The molecule has 1 atom stereocenters. The molecule has 0 saturated heterocycles. The monoisotopic (exact) mass is 289 g/mol. The number of hydrogen-bond acceptors (Lipinski definition) is 4. The van der Waals surface area contributed by atoms with Gasteiger partial charge >= 0.3 is 11.4 Å². The molecule has 0 heterocycles. The molecule has 5 nitrogen and oxygen atoms in total. The van der Waals surface area contributed by atoms with Crippen molar-refractivity contribution in [3.05, 3.63) is 0 Å². The number of carboxylic acids is 1. The fourth-order valence-corrected chi connectivity index (χ4v) is 1.66. The maximum atomic E-state index is 12.3. The van der Waals surface area contributed by atoms with E-state index in [0.717, 1.165) is 0 Å². The number of nitrogens with zero attached hydrogens (tertiary/aromatic N) is 1. The van der Waals surface area contributed by atoms with Gasteiger partial charge in [-0.05, 0) is 23.8 Å². The molecule has 0 aliphatic heterocycles. The van der Waals surface area contributed by atoms with Crippen molar-refractivity contribution in [1.29, 1.82) is 0 Å². The quantitative estimate of drug-likeness (QED) is 0.264. The summed E-state index contributed by atoms with van der Waals surface area (Å²) in [6, 6.07) is -0.900. The molecule has 0 rings (SSSR count). The number of carbonyl (C=O) groups is 1. The van der Waals surface area contributed by atoms with Crippen molar-refractivity contribution in [3.63, 3.8) is 0 Å². The number of amidine groups is 1. The molecule has 0 fully saturated rings. The predicted octanol–water partition coefficient (Wildman–Crippen LogP) is 0.710. The van der Waals surface area contributed by atoms with Gasteiger partial charge in [-0.3, -0.25) is 9.79 Å². The van der Waals surface area contributed by atoms with E-state index in [-0.39, 0.29) is 6.54 Å². The first-order valence-corrected chi connectivity index (χ1v) is 6.21. The molecule has 0 amide bonds. The van der Waals surface area contributed by atoms with E-state index in [0.29, 0.717) is 17.9 Å². The van der Waals surface area contributed by atoms with E-state index in [2.05, 4.69) is 16.6 Å². The van der Waals surface area contributed by atoms with Crippen LogP contribution in [0.1, 0.15) is 6.42 Å². The zero-order valence-corrected chi connectivity index (χ0v) is 10.5. The average molecular weight is 290 g/mol. The SMILES string of the molecule is NC(=NCCSCCC(N)C(=O)O)C(F)(F)Cl. The first-order valence-electron chi connectivity index (χ1n) is 4.68. The van der Waals surface area contributed by atoms with Crippen molar-refractivity contribution in [2.24, 2.45) is 16.5 Å². The molecule has 0 aliphatic rings. The minimum atomic E-state index is -3.61. The summed E-state index contributed by atoms with van der Waals surface area (Å²) in [6.07, 6.45) is 0.310. The predicted molar refractivity (Wildman–Crippen MR) is 64.8 cm³/mol. The van der Waals surface area contributed by atoms with Crippen LogP contribution in [0.4, 0.5) is 8.78 Å². The van der Waals surface area contributed by atoms with E-state index in [4.69, 9.17) is 16.6 Å². The highest BCUT2D eigenvalue weighted by molar-refractivity contribution is 7.99. The molecule has 0 radical (unpaired) electrons. The van der Waals surface area contributed by atoms with Crippen molar-refractivity contribution in [2.75, 3.05) is 18.1 Å². The van der Waals surface area contributed by atoms with Crippen LogP contribution in [0.15, 0.2) is 4.99 Å². The van der Waals surface area contributed by atoms with E-state index in [1.165, 1.54) is 11.8 Å². The molecular formula is C8H14ClF2N3O2S. The molecule has 5 N–H and O–H groups in total. The Labute approximate surface area is 107 Å². The topological polar surface area (TPSA) is 102 Å². The second-order valence-corrected chi connectivity index (χ2v) is 4.81. The van der Waals surface area contributed by atoms with Gasteiger partial charge in [-0.2, -0.15) is 20.5 Å². The summed E-state index contributed by atoms with van der Waals surface area (Å²) in [5, 5.41) is 4.86. The molecule has 0 aliphatic carbocycles. The Kier molecular flexibility index (Phi) is 7.40. The first-order chi connectivity index (χ1) is 7.75. The molecule has 0 aromatic rings. The summed E-state index contributed by atoms with van der Waals surface area (Å²) in [4.78, 5) is 13.7. The van der Waals surface area contributed by atoms with Gasteiger partial charge in [-0.15, -0.1) is 0 Å². The van der Waals surface area contributed by atoms with E-state index in [9.17, 15) is 13.6 Å². The summed E-state index contributed by atoms with van der Waals surface area (Å²) >= 11 is 5.98. The Morgan fingerprint density at radius 1 is 1.53 bits per heavy atom. The summed E-state index contributed by atoms with van der Waals surface area (Å²) in [7, 11) is 0. The van der Waals surface area contributed by atoms with Crippen LogP contribution in [0.2, 0.25) is 0 Å². The number of rotatable bonds is 8. The van der Waals surface area contributed by atoms with Gasteiger partial charge in [-0.25, -0.2) is 0 Å². The molecular weight excluding hydrogens is 276 g/mol. The third kappa shape index (κ3) is 8.17. The van der Waals surface area contributed by atoms with E-state index >= 15 is 0 Å². The zero-order valence-electron chi connectivity index (χ0n) is 8.91. The standard InChI is InChI=1S/C8H14ClF2N3O2S/c9-8(10,11)7(13)14-2-4-17-3-1-5(12)6(15)16/h5H,1-4,12H2,(H2,13,14)(H,15,16). The fourth-order valence-electron chi connectivity index (χ4n) is 0.756. The zero-order chi connectivity index (χ0) is 13.5. The minimum Gasteiger partial charge on any atom is -0.480 e. The number of hydrogen-bond donors (Lipinski definition) is 3. The van der Waals surface area contributed by atoms with E-state index < -0.39 is 23.2 Å². The number of halogens is 3. The Morgan fingerprint density at radius 2 is 2.12 bits per heavy atom. The fraction of sp³-hybridized carbons (Fsp3) is 0.750. The Bertz CT molecular complexity index is 286. The minimum absolute atomic E-state index is 0.0983. The Balaban J connectivity index is 3.63. The van der Waals surface area contributed by atoms with Crippen molar-refractivity contribution in [2.45, 2.75) is 17.8 Å². The average Bonchev–Trinajstić information content (AvgIpc) is 2.20. The van der Waals surface area contributed by atoms with Gasteiger partial charge < -0.3 is 16.6 Å². The van der Waals surface area contributed by atoms with Gasteiger partial charge in [0.1, 0.15) is 6.04 Å². The molecule has 0 bridgehead atoms. The van der Waals surface area contributed by atoms with Crippen LogP contribution in [-0.2, 0) is 4.79 Å². The summed E-state index contributed by atoms with van der Waals surface area (Å²) in [6.45, 7) is 0.0983. The smallest absolute Gasteiger partial charge is 0.378 e. The van der Waals surface area contributed by atoms with E-state index in [1.807, 2.05) is 0 Å². The highest BCUT2D eigenvalue weighted by atomic mass is 35.5. The van der Waals surface area contributed by atoms with Crippen LogP contribution in [0.5, 0.6) is 0 Å². The van der Waals surface area contributed by atoms with Crippen molar-refractivity contribution in [1.82, 2.24) is 0 Å². The van der Waals surface area contributed by atoms with Crippen LogP contribution in [0.25, 0.3) is 0 Å². The lowest BCUT2D eigenvalue weighted by Gasteiger charge is -2.07. The summed E-state index contributed by atoms with van der Waals surface area (Å²) in [5.74, 6) is -1.02. The van der Waals surface area contributed by atoms with Gasteiger partial charge in [-0.1, -0.05) is 0 Å². The molecule has 9 heteroatoms. The highest BCUT2D eigenvalue weighted by Crippen LogP contribution is 2.18. The third-order valence-electron chi connectivity index (χ3n) is 1.70. The van der Waals surface area contributed by atoms with Crippen LogP contribution in [0, 0.1) is 0 Å². The maximum absolute atomic E-state index is 12.3. The van der Waals surface area contributed by atoms with Crippen molar-refractivity contribution in [3.8, 4) is 0 Å². The van der Waals surface area contributed by atoms with Crippen LogP contribution in [-0.4, -0.2) is 46.4 Å². The number of aliphatic imine (C=N–C) groups is 1. The summed E-state index contributed by atoms with van der Waals surface area (Å²) < 4.78 is 24.6. The van der Waals surface area contributed by atoms with Gasteiger partial charge in [0, 0.05) is 5.75 Å². The second-order valence-electron chi connectivity index (χ2n) is 3.11. The molecule has 17 heavy (non-hydrogen) atoms. The second kappa shape index (κ2) is 7.67. The van der Waals surface area contributed by atoms with Gasteiger partial charge in [0.15, 0.2) is 5.84 Å². The van der Waals surface area contributed by atoms with Gasteiger partial charge in [0.25, 0.3) is 0 Å². The summed E-state index contributed by atoms with van der Waals surface area (Å²) in [5.41, 5.74) is 10.2. The lowest BCUT2D eigenvalue weighted by atomic mass is 10.2. The third-order valence-corrected chi connectivity index (χ3v) is 2.89. The van der Waals surface area contributed by atoms with Crippen LogP contribution < -0.4 is 11.5 Å². The molecule has 0 aromatic carbocycles. The molecule has 100 valence electrons. The number of thioether (sulfide) groups is 1. The number of alkyl halides is 3. The first kappa shape index (κ1) is 16.4. The lowest BCUT2D eigenvalue weighted by molar-refractivity contribution is -0.138. The largest absolute Gasteiger partial charge is 0.480 e. The Hall–Kier alpha value is -0.600. The highest BCUT2D eigenvalue weighted by Gasteiger charge is 2.30. The van der Waals surface area contributed by atoms with Gasteiger partial charge in [0.2, 0.25) is 0 Å². The van der Waals surface area contributed by atoms with Crippen molar-refractivity contribution >= 4 is 35.2 Å². The Morgan fingerprint density at radius 3 is 2.59 bits per heavy atom. The molecule has 0 aromatic heterocycles. The van der Waals surface area contributed by atoms with Crippen LogP contribution >= 0.6 is 23.4 Å².